The SMILES string of the molecule is N#C[C@@]1(n2ccc(N)nc2=O)O[C@H](COC(=O)C2CC2)C(OC(=O)C2CC2)[C@@H]1OC(=O)C1CC1. The summed E-state index contributed by atoms with van der Waals surface area (Å²) in [4.78, 5) is 53.7. The maximum atomic E-state index is 12.7. The molecular weight excluding hydrogens is 448 g/mol. The number of rotatable bonds is 8. The molecule has 2 N–H and O–H groups in total. The molecule has 3 aliphatic carbocycles. The predicted octanol–water partition coefficient (Wildman–Crippen LogP) is -0.00252. The summed E-state index contributed by atoms with van der Waals surface area (Å²) in [6.45, 7) is -0.351. The molecule has 34 heavy (non-hydrogen) atoms. The van der Waals surface area contributed by atoms with Crippen molar-refractivity contribution in [3.63, 3.8) is 0 Å². The fraction of sp³-hybridized carbons (Fsp3) is 0.636. The second-order valence-electron chi connectivity index (χ2n) is 9.18. The molecule has 0 bridgehead atoms. The molecule has 0 spiro atoms. The quantitative estimate of drug-likeness (QED) is 0.398. The summed E-state index contributed by atoms with van der Waals surface area (Å²) in [5, 5.41) is 10.2. The van der Waals surface area contributed by atoms with E-state index in [2.05, 4.69) is 4.98 Å². The van der Waals surface area contributed by atoms with Crippen LogP contribution in [0.4, 0.5) is 5.82 Å². The van der Waals surface area contributed by atoms with Gasteiger partial charge >= 0.3 is 23.6 Å². The van der Waals surface area contributed by atoms with E-state index in [9.17, 15) is 24.4 Å². The predicted molar refractivity (Wildman–Crippen MR) is 110 cm³/mol. The average molecular weight is 472 g/mol. The number of hydrogen-bond acceptors (Lipinski definition) is 11. The third kappa shape index (κ3) is 4.23. The zero-order valence-electron chi connectivity index (χ0n) is 18.3. The molecule has 180 valence electrons. The molecule has 5 rings (SSSR count). The van der Waals surface area contributed by atoms with E-state index in [1.165, 1.54) is 12.3 Å². The van der Waals surface area contributed by atoms with Crippen LogP contribution in [0.1, 0.15) is 38.5 Å². The topological polar surface area (TPSA) is 173 Å². The Morgan fingerprint density at radius 1 is 1.09 bits per heavy atom. The van der Waals surface area contributed by atoms with Gasteiger partial charge in [-0.25, -0.2) is 4.79 Å². The van der Waals surface area contributed by atoms with E-state index in [0.29, 0.717) is 25.7 Å². The highest BCUT2D eigenvalue weighted by atomic mass is 16.7. The van der Waals surface area contributed by atoms with Crippen LogP contribution in [0, 0.1) is 29.1 Å². The zero-order chi connectivity index (χ0) is 24.0. The van der Waals surface area contributed by atoms with Gasteiger partial charge in [0.25, 0.3) is 5.72 Å². The van der Waals surface area contributed by atoms with Crippen molar-refractivity contribution >= 4 is 23.7 Å². The summed E-state index contributed by atoms with van der Waals surface area (Å²) >= 11 is 0. The van der Waals surface area contributed by atoms with E-state index >= 15 is 0 Å². The lowest BCUT2D eigenvalue weighted by molar-refractivity contribution is -0.175. The largest absolute Gasteiger partial charge is 0.463 e. The van der Waals surface area contributed by atoms with Gasteiger partial charge in [0.15, 0.2) is 6.10 Å². The lowest BCUT2D eigenvalue weighted by Gasteiger charge is -2.30. The number of esters is 3. The highest BCUT2D eigenvalue weighted by molar-refractivity contribution is 5.76. The van der Waals surface area contributed by atoms with Gasteiger partial charge in [-0.3, -0.25) is 19.0 Å². The van der Waals surface area contributed by atoms with Gasteiger partial charge in [-0.2, -0.15) is 10.2 Å². The van der Waals surface area contributed by atoms with E-state index in [-0.39, 0.29) is 30.2 Å². The minimum atomic E-state index is -2.21. The molecule has 1 aromatic rings. The molecule has 1 aromatic heterocycles. The molecule has 0 aromatic carbocycles. The third-order valence-corrected chi connectivity index (χ3v) is 6.34. The smallest absolute Gasteiger partial charge is 0.352 e. The number of nitriles is 1. The Hall–Kier alpha value is -3.46. The number of carbonyl (C=O) groups is 3. The van der Waals surface area contributed by atoms with Crippen molar-refractivity contribution in [2.24, 2.45) is 17.8 Å². The number of ether oxygens (including phenoxy) is 4. The van der Waals surface area contributed by atoms with Crippen LogP contribution in [0.25, 0.3) is 0 Å². The van der Waals surface area contributed by atoms with Crippen LogP contribution in [0.2, 0.25) is 0 Å². The minimum absolute atomic E-state index is 0.0783. The number of nitrogen functional groups attached to an aromatic ring is 1. The average Bonchev–Trinajstić information content (AvgIpc) is 3.66. The third-order valence-electron chi connectivity index (χ3n) is 6.34. The lowest BCUT2D eigenvalue weighted by atomic mass is 10.0. The standard InChI is InChI=1S/C22H24N4O8/c23-10-22(26-8-7-15(24)25-21(26)30)17(33-20(29)13-5-6-13)16(32-19(28)12-3-4-12)14(34-22)9-31-18(27)11-1-2-11/h7-8,11-14,16-17H,1-6,9H2,(H2,24,25,30)/t14-,16?,17+,22-/m1/s1. The molecule has 4 atom stereocenters. The van der Waals surface area contributed by atoms with E-state index in [0.717, 1.165) is 17.4 Å². The van der Waals surface area contributed by atoms with E-state index < -0.39 is 47.6 Å². The number of nitrogens with zero attached hydrogens (tertiary/aromatic N) is 3. The van der Waals surface area contributed by atoms with E-state index in [1.807, 2.05) is 6.07 Å². The summed E-state index contributed by atoms with van der Waals surface area (Å²) in [5.74, 6) is -2.46. The molecule has 0 amide bonds. The summed E-state index contributed by atoms with van der Waals surface area (Å²) in [7, 11) is 0. The molecule has 3 saturated carbocycles. The van der Waals surface area contributed by atoms with Crippen molar-refractivity contribution in [2.75, 3.05) is 12.3 Å². The minimum Gasteiger partial charge on any atom is -0.463 e. The van der Waals surface area contributed by atoms with E-state index in [4.69, 9.17) is 24.7 Å². The molecule has 12 nitrogen and oxygen atoms in total. The summed E-state index contributed by atoms with van der Waals surface area (Å²) in [6.07, 6.45) is 1.27. The van der Waals surface area contributed by atoms with Gasteiger partial charge in [-0.1, -0.05) is 0 Å². The first-order chi connectivity index (χ1) is 16.3. The first-order valence-electron chi connectivity index (χ1n) is 11.3. The Labute approximate surface area is 193 Å². The van der Waals surface area contributed by atoms with Crippen LogP contribution in [-0.2, 0) is 39.1 Å². The van der Waals surface area contributed by atoms with Crippen LogP contribution in [-0.4, -0.2) is 52.4 Å². The fourth-order valence-electron chi connectivity index (χ4n) is 3.89. The van der Waals surface area contributed by atoms with Crippen molar-refractivity contribution < 1.29 is 33.3 Å². The molecule has 2 heterocycles. The van der Waals surface area contributed by atoms with Gasteiger partial charge in [0.1, 0.15) is 24.6 Å². The first-order valence-corrected chi connectivity index (χ1v) is 11.3. The number of aromatic nitrogens is 2. The Balaban J connectivity index is 1.51. The van der Waals surface area contributed by atoms with Crippen LogP contribution in [0.5, 0.6) is 0 Å². The molecule has 1 saturated heterocycles. The lowest BCUT2D eigenvalue weighted by Crippen LogP contribution is -2.52. The van der Waals surface area contributed by atoms with Crippen LogP contribution >= 0.6 is 0 Å². The number of nitrogens with two attached hydrogens (primary N) is 1. The number of carbonyl (C=O) groups excluding carboxylic acids is 3. The Morgan fingerprint density at radius 3 is 2.24 bits per heavy atom. The Morgan fingerprint density at radius 2 is 1.68 bits per heavy atom. The van der Waals surface area contributed by atoms with Gasteiger partial charge in [0, 0.05) is 6.20 Å². The van der Waals surface area contributed by atoms with E-state index in [1.54, 1.807) is 0 Å². The molecular formula is C22H24N4O8. The highest BCUT2D eigenvalue weighted by Gasteiger charge is 2.63. The van der Waals surface area contributed by atoms with Crippen molar-refractivity contribution in [3.8, 4) is 6.07 Å². The molecule has 0 radical (unpaired) electrons. The van der Waals surface area contributed by atoms with Gasteiger partial charge in [-0.15, -0.1) is 0 Å². The zero-order valence-corrected chi connectivity index (χ0v) is 18.3. The van der Waals surface area contributed by atoms with Gasteiger partial charge in [0.05, 0.1) is 17.8 Å². The van der Waals surface area contributed by atoms with Crippen LogP contribution in [0.3, 0.4) is 0 Å². The molecule has 12 heteroatoms. The van der Waals surface area contributed by atoms with Crippen molar-refractivity contribution in [1.82, 2.24) is 9.55 Å². The van der Waals surface area contributed by atoms with Crippen LogP contribution in [0.15, 0.2) is 17.1 Å². The second-order valence-corrected chi connectivity index (χ2v) is 9.18. The highest BCUT2D eigenvalue weighted by Crippen LogP contribution is 2.42. The number of anilines is 1. The fourth-order valence-corrected chi connectivity index (χ4v) is 3.89. The molecule has 1 unspecified atom stereocenters. The van der Waals surface area contributed by atoms with Crippen LogP contribution < -0.4 is 11.4 Å². The summed E-state index contributed by atoms with van der Waals surface area (Å²) in [5.41, 5.74) is 2.46. The van der Waals surface area contributed by atoms with Gasteiger partial charge < -0.3 is 24.7 Å². The molecule has 1 aliphatic heterocycles. The summed E-state index contributed by atoms with van der Waals surface area (Å²) in [6, 6.07) is 3.21. The number of hydrogen-bond donors (Lipinski definition) is 1. The maximum absolute atomic E-state index is 12.7. The summed E-state index contributed by atoms with van der Waals surface area (Å²) < 4.78 is 23.5. The van der Waals surface area contributed by atoms with Crippen molar-refractivity contribution in [2.45, 2.75) is 62.6 Å². The second kappa shape index (κ2) is 8.39. The molecule has 4 fully saturated rings. The van der Waals surface area contributed by atoms with Gasteiger partial charge in [-0.05, 0) is 44.6 Å². The Bertz CT molecular complexity index is 1120. The molecule has 4 aliphatic rings. The van der Waals surface area contributed by atoms with Gasteiger partial charge in [0.2, 0.25) is 6.10 Å². The monoisotopic (exact) mass is 472 g/mol. The maximum Gasteiger partial charge on any atom is 0.352 e. The Kier molecular flexibility index (Phi) is 5.51. The van der Waals surface area contributed by atoms with Crippen molar-refractivity contribution in [1.29, 1.82) is 5.26 Å². The normalized spacial score (nSPS) is 30.3. The first kappa shape index (κ1) is 22.3. The van der Waals surface area contributed by atoms with Crippen molar-refractivity contribution in [3.05, 3.63) is 22.7 Å².